The molecule has 3 N–H and O–H groups in total. The van der Waals surface area contributed by atoms with Crippen LogP contribution in [-0.2, 0) is 6.42 Å². The largest absolute Gasteiger partial charge is 0.378 e. The molecule has 4 heteroatoms. The summed E-state index contributed by atoms with van der Waals surface area (Å²) < 4.78 is 0. The number of pyridine rings is 1. The van der Waals surface area contributed by atoms with Crippen LogP contribution in [0.5, 0.6) is 0 Å². The Morgan fingerprint density at radius 3 is 3.27 bits per heavy atom. The molecule has 0 spiro atoms. The van der Waals surface area contributed by atoms with Gasteiger partial charge in [-0.2, -0.15) is 0 Å². The molecule has 2 aromatic heterocycles. The summed E-state index contributed by atoms with van der Waals surface area (Å²) in [5, 5.41) is 12.6. The summed E-state index contributed by atoms with van der Waals surface area (Å²) in [7, 11) is 0. The number of rotatable bonds is 4. The molecule has 0 saturated carbocycles. The van der Waals surface area contributed by atoms with Crippen molar-refractivity contribution in [3.8, 4) is 0 Å². The van der Waals surface area contributed by atoms with Gasteiger partial charge in [-0.05, 0) is 24.2 Å². The van der Waals surface area contributed by atoms with E-state index in [1.54, 1.807) is 6.20 Å². The maximum absolute atomic E-state index is 9.63. The molecule has 0 fully saturated rings. The molecule has 2 rings (SSSR count). The number of aliphatic hydroxyl groups excluding tert-OH is 1. The third-order valence-corrected chi connectivity index (χ3v) is 2.37. The Morgan fingerprint density at radius 1 is 1.60 bits per heavy atom. The summed E-state index contributed by atoms with van der Waals surface area (Å²) in [6.07, 6.45) is 3.73. The van der Waals surface area contributed by atoms with Crippen LogP contribution < -0.4 is 5.32 Å². The van der Waals surface area contributed by atoms with Crippen molar-refractivity contribution in [1.29, 1.82) is 0 Å². The van der Waals surface area contributed by atoms with Crippen LogP contribution in [0.3, 0.4) is 0 Å². The van der Waals surface area contributed by atoms with E-state index in [1.165, 1.54) is 0 Å². The van der Waals surface area contributed by atoms with Crippen molar-refractivity contribution in [2.75, 3.05) is 6.54 Å². The highest BCUT2D eigenvalue weighted by Gasteiger charge is 2.08. The maximum Gasteiger partial charge on any atom is 0.109 e. The first kappa shape index (κ1) is 10.1. The number of hydrogen-bond acceptors (Lipinski definition) is 3. The summed E-state index contributed by atoms with van der Waals surface area (Å²) in [5.41, 5.74) is 2.99. The normalized spacial score (nSPS) is 13.2. The van der Waals surface area contributed by atoms with Crippen LogP contribution in [-0.4, -0.2) is 27.8 Å². The van der Waals surface area contributed by atoms with E-state index in [0.29, 0.717) is 6.42 Å². The molecule has 0 bridgehead atoms. The van der Waals surface area contributed by atoms with Gasteiger partial charge in [-0.25, -0.2) is 0 Å². The van der Waals surface area contributed by atoms with E-state index < -0.39 is 6.23 Å². The van der Waals surface area contributed by atoms with Gasteiger partial charge in [0, 0.05) is 18.8 Å². The number of aliphatic hydroxyl groups is 1. The minimum absolute atomic E-state index is 0.504. The minimum Gasteiger partial charge on any atom is -0.378 e. The van der Waals surface area contributed by atoms with E-state index in [-0.39, 0.29) is 0 Å². The van der Waals surface area contributed by atoms with E-state index in [2.05, 4.69) is 15.3 Å². The van der Waals surface area contributed by atoms with Crippen LogP contribution in [0, 0.1) is 0 Å². The highest BCUT2D eigenvalue weighted by atomic mass is 16.3. The summed E-state index contributed by atoms with van der Waals surface area (Å²) in [6, 6.07) is 3.87. The van der Waals surface area contributed by atoms with Crippen molar-refractivity contribution in [3.05, 3.63) is 30.1 Å². The molecule has 2 aromatic rings. The van der Waals surface area contributed by atoms with Crippen molar-refractivity contribution >= 4 is 11.0 Å². The molecule has 1 atom stereocenters. The predicted octanol–water partition coefficient (Wildman–Crippen LogP) is 1.03. The molecule has 0 aliphatic carbocycles. The summed E-state index contributed by atoms with van der Waals surface area (Å²) in [5.74, 6) is 0. The van der Waals surface area contributed by atoms with Gasteiger partial charge >= 0.3 is 0 Å². The smallest absolute Gasteiger partial charge is 0.109 e. The summed E-state index contributed by atoms with van der Waals surface area (Å²) in [6.45, 7) is 2.73. The van der Waals surface area contributed by atoms with Crippen molar-refractivity contribution in [3.63, 3.8) is 0 Å². The number of aromatic amines is 1. The molecular weight excluding hydrogens is 190 g/mol. The van der Waals surface area contributed by atoms with Gasteiger partial charge in [0.25, 0.3) is 0 Å². The van der Waals surface area contributed by atoms with Crippen LogP contribution in [0.25, 0.3) is 11.0 Å². The fraction of sp³-hybridized carbons (Fsp3) is 0.364. The monoisotopic (exact) mass is 205 g/mol. The Bertz CT molecular complexity index is 438. The molecule has 0 aromatic carbocycles. The van der Waals surface area contributed by atoms with Crippen LogP contribution >= 0.6 is 0 Å². The Kier molecular flexibility index (Phi) is 2.99. The number of likely N-dealkylation sites (N-methyl/N-ethyl adjacent to an activating group) is 1. The van der Waals surface area contributed by atoms with Crippen LogP contribution in [0.1, 0.15) is 12.5 Å². The molecular formula is C11H15N3O. The zero-order valence-corrected chi connectivity index (χ0v) is 8.70. The summed E-state index contributed by atoms with van der Waals surface area (Å²) in [4.78, 5) is 7.42. The Hall–Kier alpha value is -1.39. The van der Waals surface area contributed by atoms with Gasteiger partial charge in [0.15, 0.2) is 0 Å². The molecule has 0 radical (unpaired) electrons. The quantitative estimate of drug-likeness (QED) is 0.653. The molecule has 2 heterocycles. The molecule has 80 valence electrons. The highest BCUT2D eigenvalue weighted by Crippen LogP contribution is 2.15. The first-order valence-corrected chi connectivity index (χ1v) is 5.13. The number of H-pyrrole nitrogens is 1. The number of hydrogen-bond donors (Lipinski definition) is 3. The zero-order valence-electron chi connectivity index (χ0n) is 8.70. The zero-order chi connectivity index (χ0) is 10.7. The average Bonchev–Trinajstić information content (AvgIpc) is 2.62. The third-order valence-electron chi connectivity index (χ3n) is 2.37. The van der Waals surface area contributed by atoms with Crippen LogP contribution in [0.2, 0.25) is 0 Å². The van der Waals surface area contributed by atoms with Crippen molar-refractivity contribution in [2.45, 2.75) is 19.6 Å². The first-order valence-electron chi connectivity index (χ1n) is 5.13. The van der Waals surface area contributed by atoms with Crippen molar-refractivity contribution in [1.82, 2.24) is 15.3 Å². The number of fused-ring (bicyclic) bond motifs is 1. The van der Waals surface area contributed by atoms with E-state index >= 15 is 0 Å². The second-order valence-electron chi connectivity index (χ2n) is 3.49. The lowest BCUT2D eigenvalue weighted by atomic mass is 10.2. The third kappa shape index (κ3) is 2.16. The van der Waals surface area contributed by atoms with Gasteiger partial charge in [-0.1, -0.05) is 6.92 Å². The first-order chi connectivity index (χ1) is 7.31. The second kappa shape index (κ2) is 4.42. The number of nitrogens with zero attached hydrogens (tertiary/aromatic N) is 1. The Morgan fingerprint density at radius 2 is 2.47 bits per heavy atom. The van der Waals surface area contributed by atoms with Gasteiger partial charge in [-0.15, -0.1) is 0 Å². The lowest BCUT2D eigenvalue weighted by Crippen LogP contribution is -2.30. The van der Waals surface area contributed by atoms with E-state index in [0.717, 1.165) is 23.1 Å². The van der Waals surface area contributed by atoms with Crippen LogP contribution in [0.15, 0.2) is 24.5 Å². The van der Waals surface area contributed by atoms with Gasteiger partial charge in [-0.3, -0.25) is 10.3 Å². The maximum atomic E-state index is 9.63. The lowest BCUT2D eigenvalue weighted by Gasteiger charge is -2.09. The fourth-order valence-corrected chi connectivity index (χ4v) is 1.68. The molecule has 0 saturated heterocycles. The van der Waals surface area contributed by atoms with E-state index in [1.807, 2.05) is 25.3 Å². The van der Waals surface area contributed by atoms with E-state index in [4.69, 9.17) is 0 Å². The fourth-order valence-electron chi connectivity index (χ4n) is 1.68. The predicted molar refractivity (Wildman–Crippen MR) is 59.5 cm³/mol. The minimum atomic E-state index is -0.504. The van der Waals surface area contributed by atoms with Crippen molar-refractivity contribution < 1.29 is 5.11 Å². The van der Waals surface area contributed by atoms with E-state index in [9.17, 15) is 5.11 Å². The molecule has 0 aliphatic heterocycles. The standard InChI is InChI=1S/C11H15N3O/c1-2-12-10(15)6-8-7-14-9-4-3-5-13-11(8)9/h3-5,7,10,12,14-15H,2,6H2,1H3. The Balaban J connectivity index is 2.21. The SMILES string of the molecule is CCNC(O)Cc1c[nH]c2cccnc12. The van der Waals surface area contributed by atoms with Crippen molar-refractivity contribution in [2.24, 2.45) is 0 Å². The number of nitrogens with one attached hydrogen (secondary N) is 2. The van der Waals surface area contributed by atoms with Crippen LogP contribution in [0.4, 0.5) is 0 Å². The molecule has 0 amide bonds. The summed E-state index contributed by atoms with van der Waals surface area (Å²) >= 11 is 0. The average molecular weight is 205 g/mol. The van der Waals surface area contributed by atoms with Gasteiger partial charge < -0.3 is 10.1 Å². The highest BCUT2D eigenvalue weighted by molar-refractivity contribution is 5.78. The topological polar surface area (TPSA) is 60.9 Å². The van der Waals surface area contributed by atoms with Gasteiger partial charge in [0.05, 0.1) is 11.0 Å². The molecule has 4 nitrogen and oxygen atoms in total. The van der Waals surface area contributed by atoms with Gasteiger partial charge in [0.1, 0.15) is 6.23 Å². The second-order valence-corrected chi connectivity index (χ2v) is 3.49. The molecule has 1 unspecified atom stereocenters. The number of aromatic nitrogens is 2. The lowest BCUT2D eigenvalue weighted by molar-refractivity contribution is 0.140. The van der Waals surface area contributed by atoms with Gasteiger partial charge in [0.2, 0.25) is 0 Å². The molecule has 0 aliphatic rings. The Labute approximate surface area is 88.3 Å². The molecule has 15 heavy (non-hydrogen) atoms.